The van der Waals surface area contributed by atoms with Crippen LogP contribution >= 0.6 is 31.9 Å². The third-order valence-electron chi connectivity index (χ3n) is 7.77. The number of halogens is 2. The van der Waals surface area contributed by atoms with Crippen LogP contribution < -0.4 is 24.6 Å². The summed E-state index contributed by atoms with van der Waals surface area (Å²) in [6, 6.07) is 9.71. The number of nitrogens with zero attached hydrogens (tertiary/aromatic N) is 5. The smallest absolute Gasteiger partial charge is 0.238 e. The van der Waals surface area contributed by atoms with Crippen molar-refractivity contribution < 1.29 is 14.3 Å². The van der Waals surface area contributed by atoms with E-state index >= 15 is 0 Å². The predicted molar refractivity (Wildman–Crippen MR) is 164 cm³/mol. The fourth-order valence-corrected chi connectivity index (χ4v) is 6.19. The second-order valence-corrected chi connectivity index (χ2v) is 12.1. The molecular formula is C29H34Br2N6O3. The molecule has 1 aromatic carbocycles. The van der Waals surface area contributed by atoms with Gasteiger partial charge < -0.3 is 19.7 Å². The number of fused-ring (bicyclic) bond motifs is 1. The van der Waals surface area contributed by atoms with E-state index in [1.807, 2.05) is 38.1 Å². The molecule has 0 saturated carbocycles. The molecular weight excluding hydrogens is 640 g/mol. The van der Waals surface area contributed by atoms with Gasteiger partial charge in [-0.3, -0.25) is 9.69 Å². The molecule has 2 aromatic heterocycles. The fourth-order valence-electron chi connectivity index (χ4n) is 5.67. The zero-order chi connectivity index (χ0) is 28.4. The number of hydrogen-bond donors (Lipinski definition) is 1. The van der Waals surface area contributed by atoms with Gasteiger partial charge in [-0.25, -0.2) is 15.0 Å². The number of anilines is 3. The molecule has 1 fully saturated rings. The lowest BCUT2D eigenvalue weighted by Crippen LogP contribution is -2.38. The number of rotatable bonds is 9. The molecule has 0 bridgehead atoms. The molecule has 11 heteroatoms. The van der Waals surface area contributed by atoms with Crippen molar-refractivity contribution in [1.29, 1.82) is 0 Å². The molecule has 40 heavy (non-hydrogen) atoms. The second kappa shape index (κ2) is 11.9. The van der Waals surface area contributed by atoms with Crippen molar-refractivity contribution in [3.63, 3.8) is 0 Å². The Morgan fingerprint density at radius 3 is 2.52 bits per heavy atom. The van der Waals surface area contributed by atoms with E-state index in [4.69, 9.17) is 19.4 Å². The van der Waals surface area contributed by atoms with Crippen molar-refractivity contribution in [2.24, 2.45) is 0 Å². The van der Waals surface area contributed by atoms with Crippen molar-refractivity contribution in [3.05, 3.63) is 58.1 Å². The predicted octanol–water partition coefficient (Wildman–Crippen LogP) is 5.67. The van der Waals surface area contributed by atoms with Gasteiger partial charge in [0.25, 0.3) is 0 Å². The largest absolute Gasteiger partial charge is 0.497 e. The Labute approximate surface area is 251 Å². The van der Waals surface area contributed by atoms with E-state index in [1.54, 1.807) is 25.4 Å². The quantitative estimate of drug-likeness (QED) is 0.230. The van der Waals surface area contributed by atoms with Crippen LogP contribution in [0.4, 0.5) is 17.3 Å². The molecule has 0 atom stereocenters. The second-order valence-electron chi connectivity index (χ2n) is 10.5. The lowest BCUT2D eigenvalue weighted by atomic mass is 9.86. The molecule has 0 spiro atoms. The molecule has 0 aliphatic carbocycles. The zero-order valence-corrected chi connectivity index (χ0v) is 26.4. The minimum atomic E-state index is -0.763. The third kappa shape index (κ3) is 5.37. The highest BCUT2D eigenvalue weighted by Crippen LogP contribution is 2.46. The molecule has 0 unspecified atom stereocenters. The van der Waals surface area contributed by atoms with E-state index in [2.05, 4.69) is 53.1 Å². The van der Waals surface area contributed by atoms with E-state index in [0.717, 1.165) is 70.7 Å². The summed E-state index contributed by atoms with van der Waals surface area (Å²) < 4.78 is 11.8. The van der Waals surface area contributed by atoms with E-state index in [0.29, 0.717) is 29.8 Å². The van der Waals surface area contributed by atoms with E-state index in [9.17, 15) is 4.79 Å². The van der Waals surface area contributed by atoms with Gasteiger partial charge in [-0.2, -0.15) is 0 Å². The van der Waals surface area contributed by atoms with Crippen LogP contribution in [0.15, 0.2) is 41.3 Å². The molecule has 1 N–H and O–H groups in total. The van der Waals surface area contributed by atoms with Crippen molar-refractivity contribution in [2.45, 2.75) is 44.6 Å². The van der Waals surface area contributed by atoms with Crippen molar-refractivity contribution >= 4 is 55.1 Å². The first-order valence-electron chi connectivity index (χ1n) is 13.4. The van der Waals surface area contributed by atoms with Gasteiger partial charge in [-0.15, -0.1) is 0 Å². The number of aromatic nitrogens is 3. The van der Waals surface area contributed by atoms with Gasteiger partial charge >= 0.3 is 0 Å². The molecule has 3 aromatic rings. The van der Waals surface area contributed by atoms with E-state index in [1.165, 1.54) is 0 Å². The van der Waals surface area contributed by atoms with Gasteiger partial charge in [-0.1, -0.05) is 15.9 Å². The van der Waals surface area contributed by atoms with Gasteiger partial charge in [0.05, 0.1) is 43.1 Å². The molecule has 9 nitrogen and oxygen atoms in total. The fraction of sp³-hybridized carbons (Fsp3) is 0.448. The first-order valence-corrected chi connectivity index (χ1v) is 15.3. The summed E-state index contributed by atoms with van der Waals surface area (Å²) in [6.07, 6.45) is 3.45. The molecule has 2 aliphatic heterocycles. The van der Waals surface area contributed by atoms with Crippen LogP contribution in [0.3, 0.4) is 0 Å². The Balaban J connectivity index is 1.40. The lowest BCUT2D eigenvalue weighted by Gasteiger charge is -2.35. The standard InChI is InChI=1S/C29H34Br2N6O3/c1-29(2)24-26(36-13-9-18(10-14-36)25-21(32-12-11-30)7-8-23(31)35-25)33-17-34-27(24)37(28(29)38)16-19-5-6-20(39-3)15-22(19)40-4/h5-8,15,17-18,32H,9-14,16H2,1-4H3. The highest BCUT2D eigenvalue weighted by Gasteiger charge is 2.48. The summed E-state index contributed by atoms with van der Waals surface area (Å²) in [6.45, 7) is 6.75. The number of carbonyl (C=O) groups is 1. The summed E-state index contributed by atoms with van der Waals surface area (Å²) in [5, 5.41) is 4.37. The average Bonchev–Trinajstić information content (AvgIpc) is 3.17. The van der Waals surface area contributed by atoms with Gasteiger partial charge in [0, 0.05) is 42.5 Å². The SMILES string of the molecule is COc1ccc(CN2C(=O)C(C)(C)c3c(N4CCC(c5nc(Br)ccc5NCCBr)CC4)ncnc32)c(OC)c1. The summed E-state index contributed by atoms with van der Waals surface area (Å²) in [4.78, 5) is 32.0. The Kier molecular flexibility index (Phi) is 8.51. The number of carbonyl (C=O) groups excluding carboxylic acids is 1. The minimum Gasteiger partial charge on any atom is -0.497 e. The molecule has 0 radical (unpaired) electrons. The van der Waals surface area contributed by atoms with Crippen LogP contribution in [0.2, 0.25) is 0 Å². The van der Waals surface area contributed by atoms with Crippen LogP contribution in [0, 0.1) is 0 Å². The normalized spacial score (nSPS) is 16.7. The molecule has 1 amide bonds. The number of amides is 1. The molecule has 2 aliphatic rings. The summed E-state index contributed by atoms with van der Waals surface area (Å²) in [7, 11) is 3.24. The van der Waals surface area contributed by atoms with Crippen LogP contribution in [-0.4, -0.2) is 60.0 Å². The maximum atomic E-state index is 13.8. The number of methoxy groups -OCH3 is 2. The highest BCUT2D eigenvalue weighted by atomic mass is 79.9. The lowest BCUT2D eigenvalue weighted by molar-refractivity contribution is -0.122. The van der Waals surface area contributed by atoms with Crippen LogP contribution in [0.25, 0.3) is 0 Å². The Hall–Kier alpha value is -2.92. The van der Waals surface area contributed by atoms with Crippen LogP contribution in [0.1, 0.15) is 49.4 Å². The molecule has 5 rings (SSSR count). The van der Waals surface area contributed by atoms with Crippen LogP contribution in [-0.2, 0) is 16.8 Å². The van der Waals surface area contributed by atoms with Crippen molar-refractivity contribution in [1.82, 2.24) is 15.0 Å². The van der Waals surface area contributed by atoms with Gasteiger partial charge in [-0.05, 0) is 66.9 Å². The number of benzene rings is 1. The number of nitrogens with one attached hydrogen (secondary N) is 1. The van der Waals surface area contributed by atoms with E-state index < -0.39 is 5.41 Å². The molecule has 212 valence electrons. The number of hydrogen-bond acceptors (Lipinski definition) is 8. The third-order valence-corrected chi connectivity index (χ3v) is 8.61. The minimum absolute atomic E-state index is 0.00199. The van der Waals surface area contributed by atoms with Gasteiger partial charge in [0.15, 0.2) is 0 Å². The number of piperidine rings is 1. The number of ether oxygens (including phenoxy) is 2. The monoisotopic (exact) mass is 672 g/mol. The first kappa shape index (κ1) is 28.6. The molecule has 4 heterocycles. The summed E-state index contributed by atoms with van der Waals surface area (Å²) >= 11 is 7.05. The Morgan fingerprint density at radius 2 is 1.82 bits per heavy atom. The maximum Gasteiger partial charge on any atom is 0.238 e. The van der Waals surface area contributed by atoms with Gasteiger partial charge in [0.1, 0.15) is 34.1 Å². The highest BCUT2D eigenvalue weighted by molar-refractivity contribution is 9.10. The topological polar surface area (TPSA) is 92.7 Å². The Morgan fingerprint density at radius 1 is 1.07 bits per heavy atom. The van der Waals surface area contributed by atoms with Crippen molar-refractivity contribution in [3.8, 4) is 11.5 Å². The van der Waals surface area contributed by atoms with Crippen molar-refractivity contribution in [2.75, 3.05) is 54.3 Å². The first-order chi connectivity index (χ1) is 19.3. The van der Waals surface area contributed by atoms with Gasteiger partial charge in [0.2, 0.25) is 5.91 Å². The summed E-state index contributed by atoms with van der Waals surface area (Å²) in [5.41, 5.74) is 3.18. The molecule has 1 saturated heterocycles. The number of pyridine rings is 1. The van der Waals surface area contributed by atoms with E-state index in [-0.39, 0.29) is 5.91 Å². The summed E-state index contributed by atoms with van der Waals surface area (Å²) in [5.74, 6) is 3.20. The maximum absolute atomic E-state index is 13.8. The Bertz CT molecular complexity index is 1390. The van der Waals surface area contributed by atoms with Crippen LogP contribution in [0.5, 0.6) is 11.5 Å². The number of alkyl halides is 1. The average molecular weight is 674 g/mol. The zero-order valence-electron chi connectivity index (χ0n) is 23.2.